The van der Waals surface area contributed by atoms with Crippen LogP contribution in [-0.2, 0) is 4.74 Å². The maximum atomic E-state index is 5.56. The minimum Gasteiger partial charge on any atom is -0.373 e. The van der Waals surface area contributed by atoms with Crippen LogP contribution in [0.1, 0.15) is 13.8 Å². The summed E-state index contributed by atoms with van der Waals surface area (Å²) in [5, 5.41) is 0. The summed E-state index contributed by atoms with van der Waals surface area (Å²) >= 11 is 5.56. The summed E-state index contributed by atoms with van der Waals surface area (Å²) < 4.78 is 5.22. The van der Waals surface area contributed by atoms with E-state index in [4.69, 9.17) is 16.3 Å². The lowest BCUT2D eigenvalue weighted by Crippen LogP contribution is -2.15. The summed E-state index contributed by atoms with van der Waals surface area (Å²) in [5.41, 5.74) is 0.992. The molecule has 54 valence electrons. The van der Waals surface area contributed by atoms with Gasteiger partial charge in [-0.15, -0.1) is 11.6 Å². The molecule has 1 unspecified atom stereocenters. The predicted octanol–water partition coefficient (Wildman–Crippen LogP) is 2.21. The summed E-state index contributed by atoms with van der Waals surface area (Å²) in [7, 11) is 0. The van der Waals surface area contributed by atoms with E-state index in [-0.39, 0.29) is 6.10 Å². The SMILES string of the molecule is C=C(C)C(CCl)OCC. The number of hydrogen-bond acceptors (Lipinski definition) is 1. The number of rotatable bonds is 4. The fourth-order valence-corrected chi connectivity index (χ4v) is 0.872. The average molecular weight is 149 g/mol. The van der Waals surface area contributed by atoms with E-state index in [0.717, 1.165) is 5.57 Å². The van der Waals surface area contributed by atoms with E-state index < -0.39 is 0 Å². The largest absolute Gasteiger partial charge is 0.373 e. The van der Waals surface area contributed by atoms with Gasteiger partial charge >= 0.3 is 0 Å². The molecule has 2 heteroatoms. The lowest BCUT2D eigenvalue weighted by molar-refractivity contribution is 0.104. The van der Waals surface area contributed by atoms with E-state index in [2.05, 4.69) is 6.58 Å². The van der Waals surface area contributed by atoms with E-state index in [1.165, 1.54) is 0 Å². The Kier molecular flexibility index (Phi) is 4.83. The van der Waals surface area contributed by atoms with Crippen molar-refractivity contribution in [2.24, 2.45) is 0 Å². The van der Waals surface area contributed by atoms with Crippen molar-refractivity contribution in [1.82, 2.24) is 0 Å². The van der Waals surface area contributed by atoms with Crippen LogP contribution in [0, 0.1) is 0 Å². The molecule has 0 bridgehead atoms. The van der Waals surface area contributed by atoms with E-state index in [0.29, 0.717) is 12.5 Å². The van der Waals surface area contributed by atoms with Gasteiger partial charge in [0.2, 0.25) is 0 Å². The van der Waals surface area contributed by atoms with Crippen LogP contribution in [0.3, 0.4) is 0 Å². The lowest BCUT2D eigenvalue weighted by Gasteiger charge is -2.12. The molecule has 0 aromatic heterocycles. The van der Waals surface area contributed by atoms with Crippen LogP contribution in [0.25, 0.3) is 0 Å². The minimum absolute atomic E-state index is 0.0386. The highest BCUT2D eigenvalue weighted by Crippen LogP contribution is 2.04. The first-order valence-corrected chi connectivity index (χ1v) is 3.58. The molecule has 0 aromatic rings. The highest BCUT2D eigenvalue weighted by atomic mass is 35.5. The third-order valence-corrected chi connectivity index (χ3v) is 1.34. The Morgan fingerprint density at radius 1 is 1.78 bits per heavy atom. The fraction of sp³-hybridized carbons (Fsp3) is 0.714. The van der Waals surface area contributed by atoms with Crippen LogP contribution >= 0.6 is 11.6 Å². The van der Waals surface area contributed by atoms with Gasteiger partial charge in [0.05, 0.1) is 12.0 Å². The van der Waals surface area contributed by atoms with Crippen molar-refractivity contribution in [2.75, 3.05) is 12.5 Å². The second-order valence-corrected chi connectivity index (χ2v) is 2.25. The van der Waals surface area contributed by atoms with Crippen molar-refractivity contribution in [2.45, 2.75) is 20.0 Å². The predicted molar refractivity (Wildman–Crippen MR) is 40.9 cm³/mol. The molecular formula is C7H13ClO. The molecule has 1 nitrogen and oxygen atoms in total. The van der Waals surface area contributed by atoms with Gasteiger partial charge in [-0.1, -0.05) is 12.2 Å². The van der Waals surface area contributed by atoms with Gasteiger partial charge in [0.25, 0.3) is 0 Å². The number of halogens is 1. The third kappa shape index (κ3) is 3.55. The van der Waals surface area contributed by atoms with Gasteiger partial charge in [-0.25, -0.2) is 0 Å². The smallest absolute Gasteiger partial charge is 0.0914 e. The molecule has 1 atom stereocenters. The molecule has 0 fully saturated rings. The molecule has 0 spiro atoms. The van der Waals surface area contributed by atoms with Crippen molar-refractivity contribution in [3.8, 4) is 0 Å². The number of ether oxygens (including phenoxy) is 1. The fourth-order valence-electron chi connectivity index (χ4n) is 0.520. The molecule has 0 rings (SSSR count). The minimum atomic E-state index is 0.0386. The molecule has 0 aliphatic carbocycles. The van der Waals surface area contributed by atoms with Crippen molar-refractivity contribution in [1.29, 1.82) is 0 Å². The monoisotopic (exact) mass is 148 g/mol. The van der Waals surface area contributed by atoms with Crippen LogP contribution in [-0.4, -0.2) is 18.6 Å². The normalized spacial score (nSPS) is 13.2. The molecule has 0 aliphatic rings. The van der Waals surface area contributed by atoms with Crippen molar-refractivity contribution in [3.63, 3.8) is 0 Å². The summed E-state index contributed by atoms with van der Waals surface area (Å²) in [6, 6.07) is 0. The van der Waals surface area contributed by atoms with Crippen molar-refractivity contribution < 1.29 is 4.74 Å². The molecule has 0 saturated heterocycles. The Morgan fingerprint density at radius 3 is 2.44 bits per heavy atom. The van der Waals surface area contributed by atoms with Crippen LogP contribution < -0.4 is 0 Å². The first kappa shape index (κ1) is 8.99. The van der Waals surface area contributed by atoms with E-state index in [1.54, 1.807) is 0 Å². The molecule has 0 radical (unpaired) electrons. The van der Waals surface area contributed by atoms with Crippen LogP contribution in [0.5, 0.6) is 0 Å². The van der Waals surface area contributed by atoms with Gasteiger partial charge in [-0.2, -0.15) is 0 Å². The highest BCUT2D eigenvalue weighted by molar-refractivity contribution is 6.18. The summed E-state index contributed by atoms with van der Waals surface area (Å²) in [6.45, 7) is 8.30. The van der Waals surface area contributed by atoms with E-state index in [9.17, 15) is 0 Å². The zero-order valence-corrected chi connectivity index (χ0v) is 6.74. The standard InChI is InChI=1S/C7H13ClO/c1-4-9-7(5-8)6(2)3/h7H,2,4-5H2,1,3H3. The quantitative estimate of drug-likeness (QED) is 0.439. The van der Waals surface area contributed by atoms with Gasteiger partial charge in [0, 0.05) is 6.61 Å². The summed E-state index contributed by atoms with van der Waals surface area (Å²) in [6.07, 6.45) is 0.0386. The van der Waals surface area contributed by atoms with Gasteiger partial charge < -0.3 is 4.74 Å². The van der Waals surface area contributed by atoms with Gasteiger partial charge in [-0.3, -0.25) is 0 Å². The Morgan fingerprint density at radius 2 is 2.33 bits per heavy atom. The average Bonchev–Trinajstić information content (AvgIpc) is 1.82. The highest BCUT2D eigenvalue weighted by Gasteiger charge is 2.05. The van der Waals surface area contributed by atoms with Gasteiger partial charge in [0.15, 0.2) is 0 Å². The maximum absolute atomic E-state index is 5.56. The molecule has 0 aliphatic heterocycles. The summed E-state index contributed by atoms with van der Waals surface area (Å²) in [4.78, 5) is 0. The second kappa shape index (κ2) is 4.83. The van der Waals surface area contributed by atoms with Gasteiger partial charge in [0.1, 0.15) is 0 Å². The first-order valence-electron chi connectivity index (χ1n) is 3.05. The molecule has 0 aromatic carbocycles. The number of alkyl halides is 1. The Labute approximate surface area is 61.7 Å². The Hall–Kier alpha value is -0.0100. The zero-order valence-electron chi connectivity index (χ0n) is 5.98. The zero-order chi connectivity index (χ0) is 7.28. The number of hydrogen-bond donors (Lipinski definition) is 0. The maximum Gasteiger partial charge on any atom is 0.0914 e. The van der Waals surface area contributed by atoms with Crippen LogP contribution in [0.15, 0.2) is 12.2 Å². The van der Waals surface area contributed by atoms with Crippen LogP contribution in [0.4, 0.5) is 0 Å². The van der Waals surface area contributed by atoms with E-state index >= 15 is 0 Å². The van der Waals surface area contributed by atoms with Crippen molar-refractivity contribution in [3.05, 3.63) is 12.2 Å². The molecule has 0 saturated carbocycles. The van der Waals surface area contributed by atoms with Gasteiger partial charge in [-0.05, 0) is 13.8 Å². The second-order valence-electron chi connectivity index (χ2n) is 1.94. The third-order valence-electron chi connectivity index (χ3n) is 1.06. The topological polar surface area (TPSA) is 9.23 Å². The Bertz CT molecular complexity index is 90.9. The molecular weight excluding hydrogens is 136 g/mol. The lowest BCUT2D eigenvalue weighted by atomic mass is 10.2. The van der Waals surface area contributed by atoms with Crippen molar-refractivity contribution >= 4 is 11.6 Å². The Balaban J connectivity index is 3.54. The van der Waals surface area contributed by atoms with E-state index in [1.807, 2.05) is 13.8 Å². The molecule has 0 amide bonds. The molecule has 0 heterocycles. The molecule has 9 heavy (non-hydrogen) atoms. The summed E-state index contributed by atoms with van der Waals surface area (Å²) in [5.74, 6) is 0.503. The van der Waals surface area contributed by atoms with Crippen LogP contribution in [0.2, 0.25) is 0 Å². The first-order chi connectivity index (χ1) is 4.22. The molecule has 0 N–H and O–H groups in total.